The molecule has 250 valence electrons. The van der Waals surface area contributed by atoms with E-state index in [0.29, 0.717) is 5.56 Å². The number of nitrogens with one attached hydrogen (secondary N) is 1. The Kier molecular flexibility index (Phi) is 9.73. The summed E-state index contributed by atoms with van der Waals surface area (Å²) in [4.78, 5) is -0.682. The van der Waals surface area contributed by atoms with E-state index in [4.69, 9.17) is 9.47 Å². The molecule has 47 heavy (non-hydrogen) atoms. The number of phenolic OH excluding ortho intramolecular Hbond substituents is 2. The fourth-order valence-electron chi connectivity index (χ4n) is 4.35. The maximum atomic E-state index is 12.3. The zero-order chi connectivity index (χ0) is 34.9. The fourth-order valence-corrected chi connectivity index (χ4v) is 6.60. The molecule has 0 aliphatic rings. The molecule has 0 aliphatic carbocycles. The minimum atomic E-state index is -4.82. The summed E-state index contributed by atoms with van der Waals surface area (Å²) in [5.41, 5.74) is -0.486. The summed E-state index contributed by atoms with van der Waals surface area (Å²) in [5, 5.41) is 37.6. The number of sulfone groups is 1. The predicted octanol–water partition coefficient (Wildman–Crippen LogP) is 5.66. The highest BCUT2D eigenvalue weighted by molar-refractivity contribution is 7.91. The molecule has 0 unspecified atom stereocenters. The summed E-state index contributed by atoms with van der Waals surface area (Å²) in [6, 6.07) is 9.49. The Morgan fingerprint density at radius 1 is 0.723 bits per heavy atom. The zero-order valence-corrected chi connectivity index (χ0v) is 27.3. The number of aryl methyl sites for hydroxylation is 1. The Balaban J connectivity index is 1.85. The molecule has 4 rings (SSSR count). The minimum absolute atomic E-state index is 0.0624. The fraction of sp³-hybridized carbons (Fsp3) is 0.185. The quantitative estimate of drug-likeness (QED) is 0.0932. The van der Waals surface area contributed by atoms with Gasteiger partial charge in [-0.15, -0.1) is 20.5 Å². The van der Waals surface area contributed by atoms with E-state index in [-0.39, 0.29) is 61.4 Å². The highest BCUT2D eigenvalue weighted by Gasteiger charge is 2.22. The third-order valence-corrected chi connectivity index (χ3v) is 9.84. The van der Waals surface area contributed by atoms with Gasteiger partial charge in [0.2, 0.25) is 0 Å². The molecule has 0 radical (unpaired) electrons. The van der Waals surface area contributed by atoms with Crippen LogP contribution in [0.2, 0.25) is 0 Å². The molecule has 0 aromatic heterocycles. The lowest BCUT2D eigenvalue weighted by Gasteiger charge is -2.12. The first-order valence-electron chi connectivity index (χ1n) is 13.1. The van der Waals surface area contributed by atoms with Crippen molar-refractivity contribution in [2.24, 2.45) is 20.5 Å². The van der Waals surface area contributed by atoms with E-state index < -0.39 is 46.7 Å². The molecule has 0 amide bonds. The van der Waals surface area contributed by atoms with Crippen LogP contribution >= 0.6 is 0 Å². The van der Waals surface area contributed by atoms with E-state index in [1.807, 2.05) is 4.72 Å². The molecule has 4 aromatic carbocycles. The smallest absolute Gasteiger partial charge is 0.357 e. The summed E-state index contributed by atoms with van der Waals surface area (Å²) in [5.74, 6) is -1.58. The Labute approximate surface area is 268 Å². The molecule has 0 saturated heterocycles. The van der Waals surface area contributed by atoms with Gasteiger partial charge in [-0.05, 0) is 42.8 Å². The standard InChI is InChI=1S/C27H27N5O12S3/c1-5-45(35,36)24-12-21(33)19(10-14(24)2)29-28-18-9-6-15-16(27(18)34)7-8-17(32-47(40,41)42)26(15)31-30-20-11-23(44-4)25(46(37,38)39)13-22(20)43-3/h6-13,32-34H,5H2,1-4H3,(H,37,38,39)(H,40,41,42). The number of anilines is 1. The second-order valence-corrected chi connectivity index (χ2v) is 14.4. The number of benzene rings is 4. The van der Waals surface area contributed by atoms with Gasteiger partial charge < -0.3 is 19.7 Å². The largest absolute Gasteiger partial charge is 0.506 e. The van der Waals surface area contributed by atoms with Crippen molar-refractivity contribution in [1.29, 1.82) is 0 Å². The van der Waals surface area contributed by atoms with E-state index >= 15 is 0 Å². The van der Waals surface area contributed by atoms with Gasteiger partial charge in [-0.2, -0.15) is 16.8 Å². The van der Waals surface area contributed by atoms with Crippen LogP contribution in [0, 0.1) is 6.92 Å². The van der Waals surface area contributed by atoms with Crippen molar-refractivity contribution in [3.63, 3.8) is 0 Å². The Morgan fingerprint density at radius 3 is 1.94 bits per heavy atom. The van der Waals surface area contributed by atoms with Gasteiger partial charge >= 0.3 is 10.3 Å². The third kappa shape index (κ3) is 7.58. The minimum Gasteiger partial charge on any atom is -0.506 e. The highest BCUT2D eigenvalue weighted by atomic mass is 32.2. The summed E-state index contributed by atoms with van der Waals surface area (Å²) in [6.07, 6.45) is 0. The molecular formula is C27H27N5O12S3. The van der Waals surface area contributed by atoms with Crippen LogP contribution in [-0.4, -0.2) is 64.5 Å². The molecule has 0 spiro atoms. The Hall–Kier alpha value is -4.89. The molecule has 0 bridgehead atoms. The van der Waals surface area contributed by atoms with Crippen LogP contribution in [0.15, 0.2) is 78.8 Å². The van der Waals surface area contributed by atoms with Gasteiger partial charge in [0.05, 0.1) is 30.6 Å². The van der Waals surface area contributed by atoms with Crippen LogP contribution in [-0.2, 0) is 30.3 Å². The number of rotatable bonds is 11. The van der Waals surface area contributed by atoms with Gasteiger partial charge in [-0.25, -0.2) is 8.42 Å². The maximum absolute atomic E-state index is 12.3. The monoisotopic (exact) mass is 709 g/mol. The van der Waals surface area contributed by atoms with Crippen molar-refractivity contribution in [2.75, 3.05) is 24.7 Å². The topological polar surface area (TPSA) is 263 Å². The number of fused-ring (bicyclic) bond motifs is 1. The number of hydrogen-bond acceptors (Lipinski definition) is 14. The number of phenols is 2. The van der Waals surface area contributed by atoms with E-state index in [0.717, 1.165) is 31.4 Å². The Morgan fingerprint density at radius 2 is 1.34 bits per heavy atom. The average Bonchev–Trinajstić information content (AvgIpc) is 2.99. The summed E-state index contributed by atoms with van der Waals surface area (Å²) in [6.45, 7) is 2.99. The number of methoxy groups -OCH3 is 2. The van der Waals surface area contributed by atoms with Crippen molar-refractivity contribution in [3.8, 4) is 23.0 Å². The van der Waals surface area contributed by atoms with Gasteiger partial charge in [0.15, 0.2) is 15.6 Å². The number of azo groups is 2. The van der Waals surface area contributed by atoms with Gasteiger partial charge in [-0.3, -0.25) is 13.8 Å². The zero-order valence-electron chi connectivity index (χ0n) is 24.9. The van der Waals surface area contributed by atoms with E-state index in [1.54, 1.807) is 0 Å². The van der Waals surface area contributed by atoms with Crippen LogP contribution in [0.1, 0.15) is 12.5 Å². The van der Waals surface area contributed by atoms with E-state index in [9.17, 15) is 44.6 Å². The molecule has 4 aromatic rings. The lowest BCUT2D eigenvalue weighted by molar-refractivity contribution is 0.388. The van der Waals surface area contributed by atoms with Gasteiger partial charge in [0.1, 0.15) is 44.9 Å². The number of hydrogen-bond donors (Lipinski definition) is 5. The van der Waals surface area contributed by atoms with Crippen molar-refractivity contribution in [3.05, 3.63) is 54.1 Å². The molecule has 17 nitrogen and oxygen atoms in total. The normalized spacial score (nSPS) is 12.6. The maximum Gasteiger partial charge on any atom is 0.357 e. The van der Waals surface area contributed by atoms with Crippen molar-refractivity contribution in [1.82, 2.24) is 0 Å². The predicted molar refractivity (Wildman–Crippen MR) is 169 cm³/mol. The lowest BCUT2D eigenvalue weighted by atomic mass is 10.1. The second-order valence-electron chi connectivity index (χ2n) is 9.63. The Bertz CT molecular complexity index is 2290. The molecule has 0 fully saturated rings. The van der Waals surface area contributed by atoms with Crippen molar-refractivity contribution >= 4 is 69.5 Å². The molecular weight excluding hydrogens is 683 g/mol. The van der Waals surface area contributed by atoms with Crippen LogP contribution in [0.3, 0.4) is 0 Å². The molecule has 0 heterocycles. The first-order valence-corrected chi connectivity index (χ1v) is 17.6. The molecule has 5 N–H and O–H groups in total. The van der Waals surface area contributed by atoms with E-state index in [2.05, 4.69) is 20.5 Å². The summed E-state index contributed by atoms with van der Waals surface area (Å²) >= 11 is 0. The average molecular weight is 710 g/mol. The van der Waals surface area contributed by atoms with Gasteiger partial charge in [0.25, 0.3) is 10.1 Å². The highest BCUT2D eigenvalue weighted by Crippen LogP contribution is 2.45. The van der Waals surface area contributed by atoms with Crippen molar-refractivity contribution in [2.45, 2.75) is 23.6 Å². The van der Waals surface area contributed by atoms with Crippen LogP contribution < -0.4 is 14.2 Å². The summed E-state index contributed by atoms with van der Waals surface area (Å²) < 4.78 is 103. The molecule has 20 heteroatoms. The first-order chi connectivity index (χ1) is 21.9. The lowest BCUT2D eigenvalue weighted by Crippen LogP contribution is -2.10. The SMILES string of the molecule is CCS(=O)(=O)c1cc(O)c(N=Nc2ccc3c(N=Nc4cc(OC)c(S(=O)(=O)O)cc4OC)c(NS(=O)(=O)O)ccc3c2O)cc1C. The molecule has 0 saturated carbocycles. The summed E-state index contributed by atoms with van der Waals surface area (Å²) in [7, 11) is -10.8. The van der Waals surface area contributed by atoms with Crippen LogP contribution in [0.5, 0.6) is 23.0 Å². The van der Waals surface area contributed by atoms with Gasteiger partial charge in [0, 0.05) is 29.0 Å². The first kappa shape index (κ1) is 35.0. The number of aromatic hydroxyl groups is 2. The number of nitrogens with zero attached hydrogens (tertiary/aromatic N) is 4. The van der Waals surface area contributed by atoms with E-state index in [1.165, 1.54) is 45.2 Å². The van der Waals surface area contributed by atoms with Crippen LogP contribution in [0.4, 0.5) is 28.4 Å². The third-order valence-electron chi connectivity index (χ3n) is 6.62. The van der Waals surface area contributed by atoms with Crippen LogP contribution in [0.25, 0.3) is 10.8 Å². The second kappa shape index (κ2) is 13.1. The number of ether oxygens (including phenoxy) is 2. The van der Waals surface area contributed by atoms with Gasteiger partial charge in [-0.1, -0.05) is 6.92 Å². The molecule has 0 aliphatic heterocycles. The molecule has 0 atom stereocenters. The van der Waals surface area contributed by atoms with Crippen molar-refractivity contribution < 1.29 is 54.0 Å².